The van der Waals surface area contributed by atoms with Crippen LogP contribution in [-0.4, -0.2) is 23.4 Å². The van der Waals surface area contributed by atoms with Gasteiger partial charge in [0.25, 0.3) is 0 Å². The third-order valence-electron chi connectivity index (χ3n) is 7.58. The Morgan fingerprint density at radius 1 is 1.09 bits per heavy atom. The Kier molecular flexibility index (Phi) is 15.3. The van der Waals surface area contributed by atoms with Crippen LogP contribution >= 0.6 is 0 Å². The van der Waals surface area contributed by atoms with Crippen molar-refractivity contribution in [2.45, 2.75) is 144 Å². The summed E-state index contributed by atoms with van der Waals surface area (Å²) < 4.78 is 6.32. The van der Waals surface area contributed by atoms with Gasteiger partial charge in [-0.3, -0.25) is 0 Å². The first-order chi connectivity index (χ1) is 15.7. The fourth-order valence-corrected chi connectivity index (χ4v) is 4.78. The fourth-order valence-electron chi connectivity index (χ4n) is 4.78. The van der Waals surface area contributed by atoms with Gasteiger partial charge in [-0.05, 0) is 83.6 Å². The summed E-state index contributed by atoms with van der Waals surface area (Å²) in [5.74, 6) is 1.24. The number of rotatable bonds is 18. The van der Waals surface area contributed by atoms with E-state index < -0.39 is 5.60 Å². The Balaban J connectivity index is 2.33. The maximum Gasteiger partial charge on any atom is 0.0850 e. The number of aliphatic hydroxyl groups is 1. The molecule has 0 spiro atoms. The monoisotopic (exact) mass is 460 g/mol. The summed E-state index contributed by atoms with van der Waals surface area (Å²) in [5, 5.41) is 10.5. The van der Waals surface area contributed by atoms with Crippen LogP contribution in [0.15, 0.2) is 34.9 Å². The molecule has 2 nitrogen and oxygen atoms in total. The van der Waals surface area contributed by atoms with E-state index in [1.54, 1.807) is 0 Å². The van der Waals surface area contributed by atoms with Crippen LogP contribution in [0.3, 0.4) is 0 Å². The van der Waals surface area contributed by atoms with Gasteiger partial charge in [-0.25, -0.2) is 0 Å². The van der Waals surface area contributed by atoms with Crippen molar-refractivity contribution in [3.63, 3.8) is 0 Å². The molecule has 33 heavy (non-hydrogen) atoms. The fraction of sp³-hybridized carbons (Fsp3) is 0.806. The first-order valence-corrected chi connectivity index (χ1v) is 14.1. The molecule has 4 unspecified atom stereocenters. The molecule has 0 amide bonds. The van der Waals surface area contributed by atoms with E-state index in [2.05, 4.69) is 59.8 Å². The van der Waals surface area contributed by atoms with E-state index in [1.165, 1.54) is 61.7 Å². The average Bonchev–Trinajstić information content (AvgIpc) is 2.76. The van der Waals surface area contributed by atoms with E-state index >= 15 is 0 Å². The molecule has 0 aromatic carbocycles. The molecule has 1 N–H and O–H groups in total. The van der Waals surface area contributed by atoms with Crippen LogP contribution in [0.2, 0.25) is 0 Å². The normalized spacial score (nSPS) is 22.0. The molecule has 0 radical (unpaired) electrons. The summed E-state index contributed by atoms with van der Waals surface area (Å²) in [4.78, 5) is 0. The van der Waals surface area contributed by atoms with E-state index in [-0.39, 0.29) is 6.10 Å². The van der Waals surface area contributed by atoms with Crippen LogP contribution in [0.25, 0.3) is 0 Å². The van der Waals surface area contributed by atoms with E-state index in [4.69, 9.17) is 4.74 Å². The molecule has 1 aliphatic rings. The SMILES string of the molecule is CCCCCC(C)(O)CCC=C(C)CCCC(C)CCC1=CC=C(C)C(C)C1OCCCC. The van der Waals surface area contributed by atoms with Crippen LogP contribution in [0.4, 0.5) is 0 Å². The largest absolute Gasteiger partial charge is 0.390 e. The summed E-state index contributed by atoms with van der Waals surface area (Å²) in [5.41, 5.74) is 3.92. The predicted molar refractivity (Wildman–Crippen MR) is 146 cm³/mol. The molecular formula is C31H56O2. The van der Waals surface area contributed by atoms with Gasteiger partial charge in [0.05, 0.1) is 11.7 Å². The summed E-state index contributed by atoms with van der Waals surface area (Å²) >= 11 is 0. The minimum absolute atomic E-state index is 0.276. The Morgan fingerprint density at radius 2 is 1.82 bits per heavy atom. The van der Waals surface area contributed by atoms with Gasteiger partial charge in [-0.1, -0.05) is 89.2 Å². The second-order valence-electron chi connectivity index (χ2n) is 11.2. The van der Waals surface area contributed by atoms with Crippen LogP contribution in [-0.2, 0) is 4.74 Å². The lowest BCUT2D eigenvalue weighted by atomic mass is 9.83. The highest BCUT2D eigenvalue weighted by Crippen LogP contribution is 2.32. The number of unbranched alkanes of at least 4 members (excludes halogenated alkanes) is 3. The van der Waals surface area contributed by atoms with Crippen molar-refractivity contribution in [2.24, 2.45) is 11.8 Å². The molecule has 0 aromatic rings. The standard InChI is InChI=1S/C31H56O2/c1-8-10-12-22-31(7,32)23-14-17-25(3)15-13-16-26(4)18-20-29-21-19-27(5)28(6)30(29)33-24-11-9-2/h17,19,21,26,28,30,32H,8-16,18,20,22-24H2,1-7H3. The second kappa shape index (κ2) is 16.7. The molecule has 0 heterocycles. The van der Waals surface area contributed by atoms with E-state index in [0.717, 1.165) is 51.0 Å². The van der Waals surface area contributed by atoms with Crippen molar-refractivity contribution in [1.29, 1.82) is 0 Å². The molecule has 0 aliphatic heterocycles. The summed E-state index contributed by atoms with van der Waals surface area (Å²) in [6.07, 6.45) is 22.2. The lowest BCUT2D eigenvalue weighted by Crippen LogP contribution is -2.28. The summed E-state index contributed by atoms with van der Waals surface area (Å²) in [6.45, 7) is 16.6. The average molecular weight is 461 g/mol. The third-order valence-corrected chi connectivity index (χ3v) is 7.58. The Hall–Kier alpha value is -0.860. The molecule has 4 atom stereocenters. The molecule has 192 valence electrons. The minimum atomic E-state index is -0.502. The maximum absolute atomic E-state index is 10.5. The van der Waals surface area contributed by atoms with Crippen molar-refractivity contribution in [1.82, 2.24) is 0 Å². The molecule has 0 bridgehead atoms. The van der Waals surface area contributed by atoms with Crippen LogP contribution in [0.1, 0.15) is 132 Å². The van der Waals surface area contributed by atoms with Crippen molar-refractivity contribution >= 4 is 0 Å². The van der Waals surface area contributed by atoms with Gasteiger partial charge in [0.1, 0.15) is 0 Å². The van der Waals surface area contributed by atoms with Gasteiger partial charge >= 0.3 is 0 Å². The molecule has 1 aliphatic carbocycles. The number of ether oxygens (including phenoxy) is 1. The lowest BCUT2D eigenvalue weighted by molar-refractivity contribution is 0.0403. The molecule has 2 heteroatoms. The Morgan fingerprint density at radius 3 is 2.52 bits per heavy atom. The minimum Gasteiger partial charge on any atom is -0.390 e. The highest BCUT2D eigenvalue weighted by molar-refractivity contribution is 5.29. The zero-order valence-corrected chi connectivity index (χ0v) is 23.2. The summed E-state index contributed by atoms with van der Waals surface area (Å²) in [6, 6.07) is 0. The van der Waals surface area contributed by atoms with Crippen LogP contribution in [0.5, 0.6) is 0 Å². The van der Waals surface area contributed by atoms with Gasteiger partial charge in [0.15, 0.2) is 0 Å². The van der Waals surface area contributed by atoms with Crippen molar-refractivity contribution in [3.8, 4) is 0 Å². The summed E-state index contributed by atoms with van der Waals surface area (Å²) in [7, 11) is 0. The molecular weight excluding hydrogens is 404 g/mol. The molecule has 0 fully saturated rings. The Labute approximate surface area is 207 Å². The van der Waals surface area contributed by atoms with E-state index in [9.17, 15) is 5.11 Å². The van der Waals surface area contributed by atoms with Crippen LogP contribution < -0.4 is 0 Å². The van der Waals surface area contributed by atoms with Crippen molar-refractivity contribution in [3.05, 3.63) is 34.9 Å². The number of allylic oxidation sites excluding steroid dienone is 4. The topological polar surface area (TPSA) is 29.5 Å². The van der Waals surface area contributed by atoms with Crippen LogP contribution in [0, 0.1) is 11.8 Å². The van der Waals surface area contributed by atoms with Gasteiger partial charge < -0.3 is 9.84 Å². The first-order valence-electron chi connectivity index (χ1n) is 14.1. The highest BCUT2D eigenvalue weighted by atomic mass is 16.5. The van der Waals surface area contributed by atoms with Gasteiger partial charge in [0.2, 0.25) is 0 Å². The smallest absolute Gasteiger partial charge is 0.0850 e. The first kappa shape index (κ1) is 30.2. The molecule has 0 saturated carbocycles. The number of hydrogen-bond donors (Lipinski definition) is 1. The number of hydrogen-bond acceptors (Lipinski definition) is 2. The van der Waals surface area contributed by atoms with Crippen molar-refractivity contribution in [2.75, 3.05) is 6.61 Å². The third kappa shape index (κ3) is 13.0. The van der Waals surface area contributed by atoms with Gasteiger partial charge in [0, 0.05) is 12.5 Å². The zero-order chi connectivity index (χ0) is 24.7. The quantitative estimate of drug-likeness (QED) is 0.163. The lowest BCUT2D eigenvalue weighted by Gasteiger charge is -2.31. The van der Waals surface area contributed by atoms with Gasteiger partial charge in [-0.2, -0.15) is 0 Å². The highest BCUT2D eigenvalue weighted by Gasteiger charge is 2.26. The molecule has 0 saturated heterocycles. The molecule has 0 aromatic heterocycles. The van der Waals surface area contributed by atoms with E-state index in [0.29, 0.717) is 5.92 Å². The Bertz CT molecular complexity index is 610. The predicted octanol–water partition coefficient (Wildman–Crippen LogP) is 9.34. The van der Waals surface area contributed by atoms with E-state index in [1.807, 2.05) is 6.92 Å². The van der Waals surface area contributed by atoms with Gasteiger partial charge in [-0.15, -0.1) is 0 Å². The maximum atomic E-state index is 10.5. The second-order valence-corrected chi connectivity index (χ2v) is 11.2. The zero-order valence-electron chi connectivity index (χ0n) is 23.2. The molecule has 1 rings (SSSR count). The van der Waals surface area contributed by atoms with Crippen molar-refractivity contribution < 1.29 is 9.84 Å².